The Morgan fingerprint density at radius 3 is 2.59 bits per heavy atom. The number of para-hydroxylation sites is 1. The Morgan fingerprint density at radius 1 is 1.18 bits per heavy atom. The summed E-state index contributed by atoms with van der Waals surface area (Å²) in [6.45, 7) is 1.87. The largest absolute Gasteiger partial charge is 0.399 e. The van der Waals surface area contributed by atoms with Crippen LogP contribution in [0.15, 0.2) is 24.3 Å². The number of likely N-dealkylation sites (tertiary alicyclic amines) is 1. The predicted octanol–water partition coefficient (Wildman–Crippen LogP) is 2.21. The van der Waals surface area contributed by atoms with E-state index >= 15 is 0 Å². The maximum atomic E-state index is 12.0. The second kappa shape index (κ2) is 5.71. The van der Waals surface area contributed by atoms with E-state index < -0.39 is 0 Å². The predicted molar refractivity (Wildman–Crippen MR) is 69.6 cm³/mol. The van der Waals surface area contributed by atoms with Crippen LogP contribution in [0, 0.1) is 0 Å². The summed E-state index contributed by atoms with van der Waals surface area (Å²) in [6, 6.07) is 7.78. The second-order valence-corrected chi connectivity index (χ2v) is 4.64. The van der Waals surface area contributed by atoms with Gasteiger partial charge in [0.15, 0.2) is 0 Å². The van der Waals surface area contributed by atoms with Crippen LogP contribution in [-0.4, -0.2) is 23.9 Å². The van der Waals surface area contributed by atoms with Crippen LogP contribution in [-0.2, 0) is 11.2 Å². The van der Waals surface area contributed by atoms with Crippen LogP contribution in [0.4, 0.5) is 5.69 Å². The molecule has 0 atom stereocenters. The Hall–Kier alpha value is -1.51. The molecule has 1 aromatic carbocycles. The van der Waals surface area contributed by atoms with E-state index in [0.717, 1.165) is 43.6 Å². The Labute approximate surface area is 103 Å². The lowest BCUT2D eigenvalue weighted by molar-refractivity contribution is -0.132. The number of nitrogens with zero attached hydrogens (tertiary/aromatic N) is 1. The van der Waals surface area contributed by atoms with E-state index in [2.05, 4.69) is 0 Å². The number of nitrogens with two attached hydrogens (primary N) is 1. The molecule has 2 rings (SSSR count). The van der Waals surface area contributed by atoms with Gasteiger partial charge in [-0.15, -0.1) is 0 Å². The molecule has 1 aliphatic heterocycles. The molecule has 17 heavy (non-hydrogen) atoms. The Balaban J connectivity index is 1.85. The molecule has 1 aromatic rings. The minimum atomic E-state index is 0.271. The number of hydrogen-bond donors (Lipinski definition) is 1. The van der Waals surface area contributed by atoms with Gasteiger partial charge in [0.1, 0.15) is 0 Å². The maximum absolute atomic E-state index is 12.0. The molecule has 1 saturated heterocycles. The van der Waals surface area contributed by atoms with E-state index in [1.54, 1.807) is 0 Å². The van der Waals surface area contributed by atoms with Gasteiger partial charge >= 0.3 is 0 Å². The van der Waals surface area contributed by atoms with Gasteiger partial charge in [0.25, 0.3) is 0 Å². The lowest BCUT2D eigenvalue weighted by Gasteiger charge is -2.26. The monoisotopic (exact) mass is 232 g/mol. The van der Waals surface area contributed by atoms with Crippen LogP contribution >= 0.6 is 0 Å². The molecule has 0 radical (unpaired) electrons. The summed E-state index contributed by atoms with van der Waals surface area (Å²) < 4.78 is 0. The quantitative estimate of drug-likeness (QED) is 0.812. The molecule has 0 aliphatic carbocycles. The van der Waals surface area contributed by atoms with Crippen LogP contribution in [0.5, 0.6) is 0 Å². The standard InChI is InChI=1S/C14H20N2O/c15-13-7-3-2-6-12(13)8-9-14(17)16-10-4-1-5-11-16/h2-3,6-7H,1,4-5,8-11,15H2. The minimum absolute atomic E-state index is 0.271. The molecule has 0 aromatic heterocycles. The van der Waals surface area contributed by atoms with Gasteiger partial charge < -0.3 is 10.6 Å². The number of carbonyl (C=O) groups excluding carboxylic acids is 1. The van der Waals surface area contributed by atoms with Gasteiger partial charge in [0, 0.05) is 25.2 Å². The highest BCUT2D eigenvalue weighted by Gasteiger charge is 2.16. The molecule has 1 heterocycles. The number of hydrogen-bond acceptors (Lipinski definition) is 2. The molecule has 1 amide bonds. The first-order chi connectivity index (χ1) is 8.27. The van der Waals surface area contributed by atoms with Crippen molar-refractivity contribution in [3.05, 3.63) is 29.8 Å². The topological polar surface area (TPSA) is 46.3 Å². The van der Waals surface area contributed by atoms with Crippen LogP contribution in [0.1, 0.15) is 31.2 Å². The minimum Gasteiger partial charge on any atom is -0.399 e. The number of aryl methyl sites for hydroxylation is 1. The third-order valence-corrected chi connectivity index (χ3v) is 3.37. The van der Waals surface area contributed by atoms with Crippen molar-refractivity contribution in [2.75, 3.05) is 18.8 Å². The van der Waals surface area contributed by atoms with Crippen molar-refractivity contribution >= 4 is 11.6 Å². The number of amides is 1. The van der Waals surface area contributed by atoms with Crippen molar-refractivity contribution < 1.29 is 4.79 Å². The van der Waals surface area contributed by atoms with E-state index in [4.69, 9.17) is 5.73 Å². The SMILES string of the molecule is Nc1ccccc1CCC(=O)N1CCCCC1. The molecule has 92 valence electrons. The molecule has 2 N–H and O–H groups in total. The first-order valence-electron chi connectivity index (χ1n) is 6.38. The Morgan fingerprint density at radius 2 is 1.88 bits per heavy atom. The van der Waals surface area contributed by atoms with E-state index in [0.29, 0.717) is 6.42 Å². The van der Waals surface area contributed by atoms with Crippen molar-refractivity contribution in [1.82, 2.24) is 4.90 Å². The second-order valence-electron chi connectivity index (χ2n) is 4.64. The molecule has 1 aliphatic rings. The maximum Gasteiger partial charge on any atom is 0.222 e. The zero-order chi connectivity index (χ0) is 12.1. The van der Waals surface area contributed by atoms with E-state index in [-0.39, 0.29) is 5.91 Å². The summed E-state index contributed by atoms with van der Waals surface area (Å²) in [5.41, 5.74) is 7.73. The molecule has 3 nitrogen and oxygen atoms in total. The average Bonchev–Trinajstić information content (AvgIpc) is 2.38. The summed E-state index contributed by atoms with van der Waals surface area (Å²) >= 11 is 0. The van der Waals surface area contributed by atoms with Gasteiger partial charge in [0.05, 0.1) is 0 Å². The Bertz CT molecular complexity index is 384. The van der Waals surface area contributed by atoms with Gasteiger partial charge in [-0.2, -0.15) is 0 Å². The number of benzene rings is 1. The molecular weight excluding hydrogens is 212 g/mol. The van der Waals surface area contributed by atoms with Gasteiger partial charge in [-0.05, 0) is 37.3 Å². The summed E-state index contributed by atoms with van der Waals surface area (Å²) in [7, 11) is 0. The van der Waals surface area contributed by atoms with E-state index in [1.807, 2.05) is 29.2 Å². The van der Waals surface area contributed by atoms with Crippen molar-refractivity contribution in [3.63, 3.8) is 0 Å². The van der Waals surface area contributed by atoms with Crippen molar-refractivity contribution in [2.45, 2.75) is 32.1 Å². The highest BCUT2D eigenvalue weighted by Crippen LogP contribution is 2.15. The number of rotatable bonds is 3. The van der Waals surface area contributed by atoms with Crippen molar-refractivity contribution in [3.8, 4) is 0 Å². The van der Waals surface area contributed by atoms with Crippen LogP contribution in [0.3, 0.4) is 0 Å². The number of nitrogen functional groups attached to an aromatic ring is 1. The van der Waals surface area contributed by atoms with Gasteiger partial charge in [-0.1, -0.05) is 18.2 Å². The summed E-state index contributed by atoms with van der Waals surface area (Å²) in [6.07, 6.45) is 4.89. The molecule has 0 spiro atoms. The van der Waals surface area contributed by atoms with Crippen molar-refractivity contribution in [2.24, 2.45) is 0 Å². The zero-order valence-corrected chi connectivity index (χ0v) is 10.2. The number of piperidine rings is 1. The molecule has 0 saturated carbocycles. The lowest BCUT2D eigenvalue weighted by Crippen LogP contribution is -2.35. The highest BCUT2D eigenvalue weighted by molar-refractivity contribution is 5.76. The summed E-state index contributed by atoms with van der Waals surface area (Å²) in [4.78, 5) is 14.0. The smallest absolute Gasteiger partial charge is 0.222 e. The first-order valence-corrected chi connectivity index (χ1v) is 6.38. The molecule has 0 unspecified atom stereocenters. The van der Waals surface area contributed by atoms with Crippen molar-refractivity contribution in [1.29, 1.82) is 0 Å². The number of carbonyl (C=O) groups is 1. The van der Waals surface area contributed by atoms with Gasteiger partial charge in [-0.25, -0.2) is 0 Å². The molecule has 0 bridgehead atoms. The van der Waals surface area contributed by atoms with Gasteiger partial charge in [0.2, 0.25) is 5.91 Å². The average molecular weight is 232 g/mol. The van der Waals surface area contributed by atoms with Gasteiger partial charge in [-0.3, -0.25) is 4.79 Å². The Kier molecular flexibility index (Phi) is 4.02. The normalized spacial score (nSPS) is 15.9. The highest BCUT2D eigenvalue weighted by atomic mass is 16.2. The van der Waals surface area contributed by atoms with Crippen LogP contribution in [0.2, 0.25) is 0 Å². The third-order valence-electron chi connectivity index (χ3n) is 3.37. The molecule has 1 fully saturated rings. The van der Waals surface area contributed by atoms with E-state index in [1.165, 1.54) is 6.42 Å². The van der Waals surface area contributed by atoms with E-state index in [9.17, 15) is 4.79 Å². The lowest BCUT2D eigenvalue weighted by atomic mass is 10.1. The summed E-state index contributed by atoms with van der Waals surface area (Å²) in [5.74, 6) is 0.271. The zero-order valence-electron chi connectivity index (χ0n) is 10.2. The molecular formula is C14H20N2O. The summed E-state index contributed by atoms with van der Waals surface area (Å²) in [5, 5.41) is 0. The fraction of sp³-hybridized carbons (Fsp3) is 0.500. The van der Waals surface area contributed by atoms with Crippen LogP contribution in [0.25, 0.3) is 0 Å². The first kappa shape index (κ1) is 12.0. The fourth-order valence-corrected chi connectivity index (χ4v) is 2.30. The number of anilines is 1. The van der Waals surface area contributed by atoms with Crippen LogP contribution < -0.4 is 5.73 Å². The molecule has 3 heteroatoms. The third kappa shape index (κ3) is 3.22. The fourth-order valence-electron chi connectivity index (χ4n) is 2.30.